The fourth-order valence-corrected chi connectivity index (χ4v) is 2.44. The van der Waals surface area contributed by atoms with Gasteiger partial charge in [0.25, 0.3) is 0 Å². The van der Waals surface area contributed by atoms with Gasteiger partial charge in [-0.3, -0.25) is 0 Å². The van der Waals surface area contributed by atoms with Crippen molar-refractivity contribution in [1.29, 1.82) is 0 Å². The zero-order valence-electron chi connectivity index (χ0n) is 9.70. The Balaban J connectivity index is 3.54. The molecule has 0 fully saturated rings. The van der Waals surface area contributed by atoms with Crippen molar-refractivity contribution in [2.75, 3.05) is 24.7 Å². The number of aliphatic hydroxyl groups is 1. The lowest BCUT2D eigenvalue weighted by atomic mass is 10.2. The van der Waals surface area contributed by atoms with E-state index >= 15 is 0 Å². The summed E-state index contributed by atoms with van der Waals surface area (Å²) in [6.45, 7) is 4.61. The molecule has 0 heterocycles. The summed E-state index contributed by atoms with van der Waals surface area (Å²) in [6.07, 6.45) is 2.79. The van der Waals surface area contributed by atoms with E-state index in [2.05, 4.69) is 5.32 Å². The van der Waals surface area contributed by atoms with Crippen molar-refractivity contribution in [1.82, 2.24) is 5.32 Å². The lowest BCUT2D eigenvalue weighted by Crippen LogP contribution is -2.34. The highest BCUT2D eigenvalue weighted by molar-refractivity contribution is 7.91. The van der Waals surface area contributed by atoms with E-state index in [1.165, 1.54) is 0 Å². The normalized spacial score (nSPS) is 14.1. The molecule has 0 aliphatic carbocycles. The topological polar surface area (TPSA) is 66.4 Å². The second-order valence-electron chi connectivity index (χ2n) is 3.84. The molecule has 0 saturated carbocycles. The van der Waals surface area contributed by atoms with Crippen molar-refractivity contribution >= 4 is 9.84 Å². The highest BCUT2D eigenvalue weighted by Gasteiger charge is 2.12. The van der Waals surface area contributed by atoms with Crippen LogP contribution in [0.25, 0.3) is 0 Å². The third kappa shape index (κ3) is 8.84. The molecule has 0 aromatic carbocycles. The van der Waals surface area contributed by atoms with Crippen LogP contribution in [0.2, 0.25) is 0 Å². The molecule has 92 valence electrons. The summed E-state index contributed by atoms with van der Waals surface area (Å²) in [5.74, 6) is 0.424. The van der Waals surface area contributed by atoms with Crippen molar-refractivity contribution in [2.24, 2.45) is 0 Å². The van der Waals surface area contributed by atoms with Gasteiger partial charge in [0.05, 0.1) is 5.75 Å². The Hall–Kier alpha value is -0.130. The number of aliphatic hydroxyl groups excluding tert-OH is 1. The average Bonchev–Trinajstić information content (AvgIpc) is 2.17. The lowest BCUT2D eigenvalue weighted by molar-refractivity contribution is 0.282. The van der Waals surface area contributed by atoms with Gasteiger partial charge in [-0.1, -0.05) is 6.92 Å². The van der Waals surface area contributed by atoms with E-state index in [9.17, 15) is 8.42 Å². The number of hydrogen-bond acceptors (Lipinski definition) is 4. The SMILES string of the molecule is CCS(=O)(=O)CC(C)NCCCCCO. The first-order valence-corrected chi connectivity index (χ1v) is 7.38. The fourth-order valence-electron chi connectivity index (χ4n) is 1.32. The minimum absolute atomic E-state index is 0.0177. The van der Waals surface area contributed by atoms with Gasteiger partial charge in [0, 0.05) is 18.4 Å². The van der Waals surface area contributed by atoms with Gasteiger partial charge in [0.1, 0.15) is 0 Å². The lowest BCUT2D eigenvalue weighted by Gasteiger charge is -2.13. The van der Waals surface area contributed by atoms with Crippen LogP contribution < -0.4 is 5.32 Å². The van der Waals surface area contributed by atoms with Gasteiger partial charge in [-0.25, -0.2) is 8.42 Å². The third-order valence-corrected chi connectivity index (χ3v) is 4.16. The standard InChI is InChI=1S/C10H23NO3S/c1-3-15(13,14)9-10(2)11-7-5-4-6-8-12/h10-12H,3-9H2,1-2H3. The highest BCUT2D eigenvalue weighted by Crippen LogP contribution is 1.96. The summed E-state index contributed by atoms with van der Waals surface area (Å²) in [5.41, 5.74) is 0. The molecule has 0 aliphatic heterocycles. The Kier molecular flexibility index (Phi) is 8.00. The minimum Gasteiger partial charge on any atom is -0.396 e. The molecule has 15 heavy (non-hydrogen) atoms. The predicted octanol–water partition coefficient (Wildman–Crippen LogP) is 0.562. The van der Waals surface area contributed by atoms with E-state index in [4.69, 9.17) is 5.11 Å². The monoisotopic (exact) mass is 237 g/mol. The number of nitrogens with one attached hydrogen (secondary N) is 1. The Morgan fingerprint density at radius 2 is 1.93 bits per heavy atom. The van der Waals surface area contributed by atoms with Crippen LogP contribution in [-0.4, -0.2) is 44.2 Å². The zero-order valence-corrected chi connectivity index (χ0v) is 10.5. The van der Waals surface area contributed by atoms with Crippen molar-refractivity contribution < 1.29 is 13.5 Å². The second kappa shape index (κ2) is 8.07. The van der Waals surface area contributed by atoms with Crippen LogP contribution in [0.15, 0.2) is 0 Å². The van der Waals surface area contributed by atoms with E-state index in [-0.39, 0.29) is 24.2 Å². The van der Waals surface area contributed by atoms with Crippen LogP contribution >= 0.6 is 0 Å². The van der Waals surface area contributed by atoms with E-state index in [1.54, 1.807) is 6.92 Å². The van der Waals surface area contributed by atoms with Crippen LogP contribution in [0.3, 0.4) is 0 Å². The third-order valence-electron chi connectivity index (χ3n) is 2.27. The van der Waals surface area contributed by atoms with Gasteiger partial charge in [-0.15, -0.1) is 0 Å². The van der Waals surface area contributed by atoms with Crippen LogP contribution in [0.1, 0.15) is 33.1 Å². The molecule has 0 aromatic heterocycles. The van der Waals surface area contributed by atoms with Gasteiger partial charge in [0.15, 0.2) is 9.84 Å². The van der Waals surface area contributed by atoms with Crippen molar-refractivity contribution in [2.45, 2.75) is 39.2 Å². The first kappa shape index (κ1) is 14.9. The molecular formula is C10H23NO3S. The number of unbranched alkanes of at least 4 members (excludes halogenated alkanes) is 2. The van der Waals surface area contributed by atoms with Crippen molar-refractivity contribution in [3.8, 4) is 0 Å². The quantitative estimate of drug-likeness (QED) is 0.575. The summed E-state index contributed by atoms with van der Waals surface area (Å²) >= 11 is 0. The van der Waals surface area contributed by atoms with Crippen LogP contribution in [-0.2, 0) is 9.84 Å². The maximum absolute atomic E-state index is 11.3. The molecular weight excluding hydrogens is 214 g/mol. The molecule has 0 spiro atoms. The molecule has 1 atom stereocenters. The largest absolute Gasteiger partial charge is 0.396 e. The van der Waals surface area contributed by atoms with Gasteiger partial charge in [-0.2, -0.15) is 0 Å². The smallest absolute Gasteiger partial charge is 0.151 e. The van der Waals surface area contributed by atoms with Crippen LogP contribution in [0, 0.1) is 0 Å². The van der Waals surface area contributed by atoms with Gasteiger partial charge < -0.3 is 10.4 Å². The fraction of sp³-hybridized carbons (Fsp3) is 1.00. The molecule has 0 aromatic rings. The molecule has 4 nitrogen and oxygen atoms in total. The first-order chi connectivity index (χ1) is 7.02. The van der Waals surface area contributed by atoms with Crippen molar-refractivity contribution in [3.63, 3.8) is 0 Å². The molecule has 0 saturated heterocycles. The number of sulfone groups is 1. The number of rotatable bonds is 9. The molecule has 1 unspecified atom stereocenters. The van der Waals surface area contributed by atoms with Crippen LogP contribution in [0.4, 0.5) is 0 Å². The Morgan fingerprint density at radius 1 is 1.27 bits per heavy atom. The van der Waals surface area contributed by atoms with E-state index in [0.29, 0.717) is 0 Å². The maximum atomic E-state index is 11.3. The Morgan fingerprint density at radius 3 is 2.47 bits per heavy atom. The second-order valence-corrected chi connectivity index (χ2v) is 6.24. The van der Waals surface area contributed by atoms with Gasteiger partial charge in [0.2, 0.25) is 0 Å². The Bertz CT molecular complexity index is 239. The van der Waals surface area contributed by atoms with E-state index in [1.807, 2.05) is 6.92 Å². The molecule has 0 radical (unpaired) electrons. The first-order valence-electron chi connectivity index (χ1n) is 5.56. The summed E-state index contributed by atoms with van der Waals surface area (Å²) in [6, 6.07) is 0.0177. The van der Waals surface area contributed by atoms with Crippen LogP contribution in [0.5, 0.6) is 0 Å². The molecule has 0 aliphatic rings. The summed E-state index contributed by atoms with van der Waals surface area (Å²) in [7, 11) is -2.87. The predicted molar refractivity (Wildman–Crippen MR) is 62.7 cm³/mol. The molecule has 0 amide bonds. The highest BCUT2D eigenvalue weighted by atomic mass is 32.2. The zero-order chi connectivity index (χ0) is 11.7. The van der Waals surface area contributed by atoms with E-state index in [0.717, 1.165) is 25.8 Å². The molecule has 2 N–H and O–H groups in total. The van der Waals surface area contributed by atoms with Crippen molar-refractivity contribution in [3.05, 3.63) is 0 Å². The molecule has 0 rings (SSSR count). The van der Waals surface area contributed by atoms with Gasteiger partial charge >= 0.3 is 0 Å². The van der Waals surface area contributed by atoms with Gasteiger partial charge in [-0.05, 0) is 32.7 Å². The summed E-state index contributed by atoms with van der Waals surface area (Å²) < 4.78 is 22.5. The minimum atomic E-state index is -2.87. The Labute approximate surface area is 93.0 Å². The summed E-state index contributed by atoms with van der Waals surface area (Å²) in [4.78, 5) is 0. The maximum Gasteiger partial charge on any atom is 0.151 e. The average molecular weight is 237 g/mol. The summed E-state index contributed by atoms with van der Waals surface area (Å²) in [5, 5.41) is 11.7. The number of hydrogen-bond donors (Lipinski definition) is 2. The van der Waals surface area contributed by atoms with E-state index < -0.39 is 9.84 Å². The molecule has 5 heteroatoms. The molecule has 0 bridgehead atoms.